The summed E-state index contributed by atoms with van der Waals surface area (Å²) in [5, 5.41) is 0. The summed E-state index contributed by atoms with van der Waals surface area (Å²) in [5.41, 5.74) is 4.02. The molecule has 0 radical (unpaired) electrons. The summed E-state index contributed by atoms with van der Waals surface area (Å²) in [6.07, 6.45) is 0. The second kappa shape index (κ2) is 4.46. The number of aryl methyl sites for hydroxylation is 4. The molecule has 0 aliphatic carbocycles. The highest BCUT2D eigenvalue weighted by atomic mass is 32.1. The number of thiophene rings is 1. The van der Waals surface area contributed by atoms with E-state index in [9.17, 15) is 4.79 Å². The van der Waals surface area contributed by atoms with Crippen LogP contribution in [0, 0.1) is 27.7 Å². The highest BCUT2D eigenvalue weighted by molar-refractivity contribution is 7.12. The molecule has 0 aliphatic heterocycles. The third kappa shape index (κ3) is 2.32. The van der Waals surface area contributed by atoms with E-state index in [0.29, 0.717) is 0 Å². The van der Waals surface area contributed by atoms with Gasteiger partial charge in [0.15, 0.2) is 5.78 Å². The Labute approximate surface area is 106 Å². The Balaban J connectivity index is 2.44. The number of carbonyl (C=O) groups is 1. The maximum absolute atomic E-state index is 12.4. The van der Waals surface area contributed by atoms with Gasteiger partial charge in [0, 0.05) is 20.9 Å². The first-order valence-corrected chi connectivity index (χ1v) is 6.49. The van der Waals surface area contributed by atoms with Gasteiger partial charge in [-0.05, 0) is 51.0 Å². The number of benzene rings is 1. The molecule has 1 aromatic heterocycles. The van der Waals surface area contributed by atoms with Gasteiger partial charge in [-0.1, -0.05) is 12.1 Å². The molecule has 2 heteroatoms. The Hall–Kier alpha value is -1.41. The van der Waals surface area contributed by atoms with E-state index in [1.165, 1.54) is 16.0 Å². The summed E-state index contributed by atoms with van der Waals surface area (Å²) in [7, 11) is 0. The normalized spacial score (nSPS) is 10.6. The summed E-state index contributed by atoms with van der Waals surface area (Å²) in [5.74, 6) is 0.134. The zero-order valence-corrected chi connectivity index (χ0v) is 11.4. The molecule has 88 valence electrons. The van der Waals surface area contributed by atoms with E-state index < -0.39 is 0 Å². The predicted molar refractivity (Wildman–Crippen MR) is 73.1 cm³/mol. The zero-order valence-electron chi connectivity index (χ0n) is 10.6. The fraction of sp³-hybridized carbons (Fsp3) is 0.267. The molecule has 1 nitrogen and oxygen atoms in total. The van der Waals surface area contributed by atoms with Crippen molar-refractivity contribution in [2.24, 2.45) is 0 Å². The molecule has 0 saturated carbocycles. The minimum atomic E-state index is 0.134. The second-order valence-electron chi connectivity index (χ2n) is 4.46. The summed E-state index contributed by atoms with van der Waals surface area (Å²) < 4.78 is 0. The Morgan fingerprint density at radius 2 is 1.71 bits per heavy atom. The molecule has 0 bridgehead atoms. The first-order chi connectivity index (χ1) is 7.99. The van der Waals surface area contributed by atoms with Crippen LogP contribution in [0.5, 0.6) is 0 Å². The topological polar surface area (TPSA) is 17.1 Å². The van der Waals surface area contributed by atoms with Crippen LogP contribution >= 0.6 is 11.3 Å². The Bertz CT molecular complexity index is 579. The fourth-order valence-electron chi connectivity index (χ4n) is 1.89. The summed E-state index contributed by atoms with van der Waals surface area (Å²) >= 11 is 1.68. The maximum atomic E-state index is 12.4. The molecule has 17 heavy (non-hydrogen) atoms. The molecule has 0 unspecified atom stereocenters. The Morgan fingerprint density at radius 3 is 2.24 bits per heavy atom. The van der Waals surface area contributed by atoms with Crippen molar-refractivity contribution in [3.05, 3.63) is 56.3 Å². The van der Waals surface area contributed by atoms with Gasteiger partial charge in [-0.3, -0.25) is 4.79 Å². The zero-order chi connectivity index (χ0) is 12.6. The van der Waals surface area contributed by atoms with Crippen molar-refractivity contribution in [1.82, 2.24) is 0 Å². The standard InChI is InChI=1S/C15H16OS/c1-9-5-6-13(7-10(9)2)15(16)14-8-11(3)17-12(14)4/h5-8H,1-4H3. The first-order valence-electron chi connectivity index (χ1n) is 5.68. The first kappa shape index (κ1) is 12.1. The lowest BCUT2D eigenvalue weighted by Crippen LogP contribution is -2.02. The molecule has 0 saturated heterocycles. The minimum Gasteiger partial charge on any atom is -0.289 e. The monoisotopic (exact) mass is 244 g/mol. The molecule has 0 amide bonds. The van der Waals surface area contributed by atoms with Gasteiger partial charge in [0.2, 0.25) is 0 Å². The van der Waals surface area contributed by atoms with Crippen LogP contribution in [0.25, 0.3) is 0 Å². The van der Waals surface area contributed by atoms with Gasteiger partial charge in [0.05, 0.1) is 0 Å². The lowest BCUT2D eigenvalue weighted by atomic mass is 10.00. The molecule has 2 rings (SSSR count). The molecule has 1 aromatic carbocycles. The quantitative estimate of drug-likeness (QED) is 0.723. The van der Waals surface area contributed by atoms with Crippen LogP contribution in [-0.2, 0) is 0 Å². The van der Waals surface area contributed by atoms with E-state index in [1.54, 1.807) is 11.3 Å². The lowest BCUT2D eigenvalue weighted by Gasteiger charge is -2.04. The largest absolute Gasteiger partial charge is 0.289 e. The average molecular weight is 244 g/mol. The smallest absolute Gasteiger partial charge is 0.194 e. The predicted octanol–water partition coefficient (Wildman–Crippen LogP) is 4.21. The molecule has 0 spiro atoms. The van der Waals surface area contributed by atoms with Crippen molar-refractivity contribution >= 4 is 17.1 Å². The van der Waals surface area contributed by atoms with Gasteiger partial charge < -0.3 is 0 Å². The second-order valence-corrected chi connectivity index (χ2v) is 5.92. The molecule has 1 heterocycles. The van der Waals surface area contributed by atoms with Crippen molar-refractivity contribution in [2.45, 2.75) is 27.7 Å². The van der Waals surface area contributed by atoms with E-state index in [0.717, 1.165) is 16.0 Å². The number of carbonyl (C=O) groups excluding carboxylic acids is 1. The van der Waals surface area contributed by atoms with Crippen LogP contribution in [0.3, 0.4) is 0 Å². The van der Waals surface area contributed by atoms with E-state index in [-0.39, 0.29) is 5.78 Å². The van der Waals surface area contributed by atoms with Crippen molar-refractivity contribution in [2.75, 3.05) is 0 Å². The molecular formula is C15H16OS. The van der Waals surface area contributed by atoms with Crippen LogP contribution in [-0.4, -0.2) is 5.78 Å². The third-order valence-corrected chi connectivity index (χ3v) is 4.02. The van der Waals surface area contributed by atoms with Gasteiger partial charge in [-0.25, -0.2) is 0 Å². The highest BCUT2D eigenvalue weighted by Gasteiger charge is 2.14. The Morgan fingerprint density at radius 1 is 1.00 bits per heavy atom. The maximum Gasteiger partial charge on any atom is 0.194 e. The highest BCUT2D eigenvalue weighted by Crippen LogP contribution is 2.24. The number of hydrogen-bond acceptors (Lipinski definition) is 2. The third-order valence-electron chi connectivity index (χ3n) is 3.05. The van der Waals surface area contributed by atoms with Crippen molar-refractivity contribution in [3.8, 4) is 0 Å². The Kier molecular flexibility index (Phi) is 3.16. The molecule has 0 N–H and O–H groups in total. The summed E-state index contributed by atoms with van der Waals surface area (Å²) in [6.45, 7) is 8.14. The van der Waals surface area contributed by atoms with Gasteiger partial charge >= 0.3 is 0 Å². The SMILES string of the molecule is Cc1cc(C(=O)c2ccc(C)c(C)c2)c(C)s1. The molecular weight excluding hydrogens is 228 g/mol. The fourth-order valence-corrected chi connectivity index (χ4v) is 2.82. The average Bonchev–Trinajstić information content (AvgIpc) is 2.61. The van der Waals surface area contributed by atoms with E-state index >= 15 is 0 Å². The van der Waals surface area contributed by atoms with Crippen molar-refractivity contribution in [1.29, 1.82) is 0 Å². The van der Waals surface area contributed by atoms with Crippen LogP contribution in [0.1, 0.15) is 36.8 Å². The van der Waals surface area contributed by atoms with Crippen molar-refractivity contribution < 1.29 is 4.79 Å². The molecule has 2 aromatic rings. The van der Waals surface area contributed by atoms with Crippen LogP contribution in [0.15, 0.2) is 24.3 Å². The van der Waals surface area contributed by atoms with Crippen LogP contribution < -0.4 is 0 Å². The number of rotatable bonds is 2. The molecule has 0 aliphatic rings. The van der Waals surface area contributed by atoms with E-state index in [4.69, 9.17) is 0 Å². The molecule has 0 atom stereocenters. The minimum absolute atomic E-state index is 0.134. The van der Waals surface area contributed by atoms with Gasteiger partial charge in [0.1, 0.15) is 0 Å². The van der Waals surface area contributed by atoms with Gasteiger partial charge in [-0.15, -0.1) is 11.3 Å². The van der Waals surface area contributed by atoms with Crippen LogP contribution in [0.2, 0.25) is 0 Å². The molecule has 0 fully saturated rings. The summed E-state index contributed by atoms with van der Waals surface area (Å²) in [6, 6.07) is 7.88. The van der Waals surface area contributed by atoms with Gasteiger partial charge in [0.25, 0.3) is 0 Å². The lowest BCUT2D eigenvalue weighted by molar-refractivity contribution is 0.103. The number of hydrogen-bond donors (Lipinski definition) is 0. The van der Waals surface area contributed by atoms with Crippen molar-refractivity contribution in [3.63, 3.8) is 0 Å². The van der Waals surface area contributed by atoms with E-state index in [2.05, 4.69) is 6.92 Å². The van der Waals surface area contributed by atoms with Gasteiger partial charge in [-0.2, -0.15) is 0 Å². The van der Waals surface area contributed by atoms with E-state index in [1.807, 2.05) is 45.0 Å². The van der Waals surface area contributed by atoms with Crippen LogP contribution in [0.4, 0.5) is 0 Å². The number of ketones is 1. The summed E-state index contributed by atoms with van der Waals surface area (Å²) in [4.78, 5) is 14.6.